The highest BCUT2D eigenvalue weighted by atomic mass is 32.2. The highest BCUT2D eigenvalue weighted by Crippen LogP contribution is 2.35. The molecule has 1 N–H and O–H groups in total. The number of fused-ring (bicyclic) bond motifs is 1. The van der Waals surface area contributed by atoms with E-state index in [0.29, 0.717) is 35.4 Å². The lowest BCUT2D eigenvalue weighted by molar-refractivity contribution is -0.113. The Balaban J connectivity index is 1.20. The summed E-state index contributed by atoms with van der Waals surface area (Å²) in [5.41, 5.74) is 3.45. The minimum Gasteiger partial charge on any atom is -0.486 e. The van der Waals surface area contributed by atoms with Crippen LogP contribution in [-0.2, 0) is 4.79 Å². The van der Waals surface area contributed by atoms with Crippen molar-refractivity contribution >= 4 is 34.7 Å². The number of benzene rings is 2. The zero-order valence-electron chi connectivity index (χ0n) is 17.8. The summed E-state index contributed by atoms with van der Waals surface area (Å²) in [5, 5.41) is 13.2. The molecule has 0 unspecified atom stereocenters. The number of nitrogens with one attached hydrogen (secondary N) is 1. The minimum absolute atomic E-state index is 0.131. The number of ether oxygens (including phenoxy) is 2. The molecule has 166 valence electrons. The molecule has 0 saturated heterocycles. The van der Waals surface area contributed by atoms with Gasteiger partial charge in [0.05, 0.1) is 16.3 Å². The number of hydrogen-bond donors (Lipinski definition) is 1. The van der Waals surface area contributed by atoms with Gasteiger partial charge in [-0.05, 0) is 31.2 Å². The number of carbonyl (C=O) groups is 1. The van der Waals surface area contributed by atoms with Crippen molar-refractivity contribution in [2.45, 2.75) is 11.9 Å². The topological polar surface area (TPSA) is 86.2 Å². The van der Waals surface area contributed by atoms with Crippen molar-refractivity contribution in [2.24, 2.45) is 0 Å². The van der Waals surface area contributed by atoms with Gasteiger partial charge >= 0.3 is 0 Å². The lowest BCUT2D eigenvalue weighted by Crippen LogP contribution is -2.17. The molecule has 0 radical (unpaired) electrons. The van der Waals surface area contributed by atoms with E-state index in [1.165, 1.54) is 11.8 Å². The highest BCUT2D eigenvalue weighted by molar-refractivity contribution is 7.99. The van der Waals surface area contributed by atoms with Crippen molar-refractivity contribution < 1.29 is 14.3 Å². The van der Waals surface area contributed by atoms with Crippen LogP contribution in [0.15, 0.2) is 65.7 Å². The number of aromatic nitrogens is 3. The third kappa shape index (κ3) is 4.99. The summed E-state index contributed by atoms with van der Waals surface area (Å²) in [7, 11) is 0. The van der Waals surface area contributed by atoms with E-state index >= 15 is 0 Å². The van der Waals surface area contributed by atoms with Crippen molar-refractivity contribution in [3.8, 4) is 32.6 Å². The second-order valence-corrected chi connectivity index (χ2v) is 9.25. The van der Waals surface area contributed by atoms with E-state index in [2.05, 4.69) is 20.5 Å². The number of rotatable bonds is 6. The van der Waals surface area contributed by atoms with Crippen LogP contribution >= 0.6 is 23.1 Å². The molecule has 1 aliphatic rings. The molecule has 7 nitrogen and oxygen atoms in total. The van der Waals surface area contributed by atoms with Crippen LogP contribution in [0.3, 0.4) is 0 Å². The van der Waals surface area contributed by atoms with Crippen LogP contribution in [0.5, 0.6) is 11.5 Å². The molecular formula is C24H20N4O3S2. The molecule has 0 aliphatic carbocycles. The van der Waals surface area contributed by atoms with Gasteiger partial charge in [-0.2, -0.15) is 0 Å². The van der Waals surface area contributed by atoms with Gasteiger partial charge < -0.3 is 14.8 Å². The molecule has 0 fully saturated rings. The van der Waals surface area contributed by atoms with Crippen molar-refractivity contribution in [1.29, 1.82) is 0 Å². The molecule has 5 rings (SSSR count). The fourth-order valence-electron chi connectivity index (χ4n) is 3.31. The number of hydrogen-bond acceptors (Lipinski definition) is 8. The van der Waals surface area contributed by atoms with Crippen LogP contribution in [0.25, 0.3) is 21.1 Å². The molecular weight excluding hydrogens is 456 g/mol. The first-order valence-electron chi connectivity index (χ1n) is 10.3. The lowest BCUT2D eigenvalue weighted by Gasteiger charge is -2.18. The first-order valence-corrected chi connectivity index (χ1v) is 12.2. The number of thiazole rings is 1. The van der Waals surface area contributed by atoms with E-state index < -0.39 is 0 Å². The Kier molecular flexibility index (Phi) is 6.23. The number of carbonyl (C=O) groups excluding carboxylic acids is 1. The van der Waals surface area contributed by atoms with Crippen LogP contribution in [0.4, 0.5) is 5.69 Å². The average Bonchev–Trinajstić information content (AvgIpc) is 3.25. The molecule has 33 heavy (non-hydrogen) atoms. The first-order chi connectivity index (χ1) is 16.2. The SMILES string of the molecule is Cc1nc(-c2ccccc2)sc1-c1ccc(SCC(=O)Nc2ccc3c(c2)OCCO3)nn1. The molecule has 1 amide bonds. The van der Waals surface area contributed by atoms with E-state index in [0.717, 1.165) is 26.8 Å². The maximum absolute atomic E-state index is 12.4. The first kappa shape index (κ1) is 21.4. The summed E-state index contributed by atoms with van der Waals surface area (Å²) in [6.07, 6.45) is 0. The summed E-state index contributed by atoms with van der Waals surface area (Å²) in [6.45, 7) is 3.01. The molecule has 4 aromatic rings. The Morgan fingerprint density at radius 3 is 2.64 bits per heavy atom. The quantitative estimate of drug-likeness (QED) is 0.389. The lowest BCUT2D eigenvalue weighted by atomic mass is 10.2. The third-order valence-electron chi connectivity index (χ3n) is 4.87. The Bertz CT molecular complexity index is 1280. The summed E-state index contributed by atoms with van der Waals surface area (Å²) in [5.74, 6) is 1.42. The van der Waals surface area contributed by atoms with Crippen LogP contribution in [-0.4, -0.2) is 40.1 Å². The van der Waals surface area contributed by atoms with Crippen LogP contribution < -0.4 is 14.8 Å². The normalized spacial score (nSPS) is 12.4. The number of thioether (sulfide) groups is 1. The van der Waals surface area contributed by atoms with Gasteiger partial charge in [-0.3, -0.25) is 4.79 Å². The molecule has 1 aliphatic heterocycles. The molecule has 2 aromatic carbocycles. The Morgan fingerprint density at radius 1 is 1.03 bits per heavy atom. The number of anilines is 1. The molecule has 0 bridgehead atoms. The van der Waals surface area contributed by atoms with Crippen molar-refractivity contribution in [3.05, 3.63) is 66.4 Å². The van der Waals surface area contributed by atoms with Crippen molar-refractivity contribution in [2.75, 3.05) is 24.3 Å². The Labute approximate surface area is 199 Å². The summed E-state index contributed by atoms with van der Waals surface area (Å²) in [6, 6.07) is 19.2. The Hall–Kier alpha value is -3.43. The van der Waals surface area contributed by atoms with Crippen LogP contribution in [0.1, 0.15) is 5.69 Å². The molecule has 0 spiro atoms. The van der Waals surface area contributed by atoms with Gasteiger partial charge in [0.25, 0.3) is 0 Å². The standard InChI is InChI=1S/C24H20N4O3S2/c1-15-23(33-24(25-15)16-5-3-2-4-6-16)18-8-10-22(28-27-18)32-14-21(29)26-17-7-9-19-20(13-17)31-12-11-30-19/h2-10,13H,11-12,14H2,1H3,(H,26,29). The fourth-order valence-corrected chi connectivity index (χ4v) is 4.96. The van der Waals surface area contributed by atoms with Crippen LogP contribution in [0.2, 0.25) is 0 Å². The average molecular weight is 477 g/mol. The largest absolute Gasteiger partial charge is 0.486 e. The van der Waals surface area contributed by atoms with E-state index in [1.807, 2.05) is 49.4 Å². The maximum atomic E-state index is 12.4. The molecule has 2 aromatic heterocycles. The van der Waals surface area contributed by atoms with Gasteiger partial charge in [-0.1, -0.05) is 42.1 Å². The number of aryl methyl sites for hydroxylation is 1. The van der Waals surface area contributed by atoms with Gasteiger partial charge in [0.2, 0.25) is 5.91 Å². The van der Waals surface area contributed by atoms with Crippen molar-refractivity contribution in [1.82, 2.24) is 15.2 Å². The van der Waals surface area contributed by atoms with Gasteiger partial charge in [-0.25, -0.2) is 4.98 Å². The molecule has 0 atom stereocenters. The summed E-state index contributed by atoms with van der Waals surface area (Å²) < 4.78 is 11.1. The van der Waals surface area contributed by atoms with E-state index in [9.17, 15) is 4.79 Å². The third-order valence-corrected chi connectivity index (χ3v) is 7.02. The predicted octanol–water partition coefficient (Wildman–Crippen LogP) is 5.08. The maximum Gasteiger partial charge on any atom is 0.234 e. The molecule has 0 saturated carbocycles. The van der Waals surface area contributed by atoms with E-state index in [-0.39, 0.29) is 11.7 Å². The highest BCUT2D eigenvalue weighted by Gasteiger charge is 2.15. The number of amides is 1. The van der Waals surface area contributed by atoms with Gasteiger partial charge in [-0.15, -0.1) is 21.5 Å². The monoisotopic (exact) mass is 476 g/mol. The molecule has 3 heterocycles. The van der Waals surface area contributed by atoms with Gasteiger partial charge in [0, 0.05) is 17.3 Å². The Morgan fingerprint density at radius 2 is 1.85 bits per heavy atom. The smallest absolute Gasteiger partial charge is 0.234 e. The van der Waals surface area contributed by atoms with Crippen LogP contribution in [0, 0.1) is 6.92 Å². The summed E-state index contributed by atoms with van der Waals surface area (Å²) in [4.78, 5) is 18.0. The van der Waals surface area contributed by atoms with E-state index in [1.54, 1.807) is 29.5 Å². The number of nitrogens with zero attached hydrogens (tertiary/aromatic N) is 3. The second-order valence-electron chi connectivity index (χ2n) is 7.25. The zero-order valence-corrected chi connectivity index (χ0v) is 19.4. The fraction of sp³-hybridized carbons (Fsp3) is 0.167. The predicted molar refractivity (Wildman–Crippen MR) is 130 cm³/mol. The second kappa shape index (κ2) is 9.60. The van der Waals surface area contributed by atoms with Gasteiger partial charge in [0.15, 0.2) is 11.5 Å². The summed E-state index contributed by atoms with van der Waals surface area (Å²) >= 11 is 2.93. The minimum atomic E-state index is -0.131. The molecule has 9 heteroatoms. The van der Waals surface area contributed by atoms with Crippen molar-refractivity contribution in [3.63, 3.8) is 0 Å². The van der Waals surface area contributed by atoms with Gasteiger partial charge in [0.1, 0.15) is 28.9 Å². The zero-order chi connectivity index (χ0) is 22.6. The van der Waals surface area contributed by atoms with E-state index in [4.69, 9.17) is 9.47 Å².